The summed E-state index contributed by atoms with van der Waals surface area (Å²) in [5.41, 5.74) is 6.92. The van der Waals surface area contributed by atoms with E-state index in [1.54, 1.807) is 0 Å². The van der Waals surface area contributed by atoms with Gasteiger partial charge in [-0.05, 0) is 62.4 Å². The zero-order valence-corrected chi connectivity index (χ0v) is 17.0. The second-order valence-corrected chi connectivity index (χ2v) is 8.19. The lowest BCUT2D eigenvalue weighted by molar-refractivity contribution is 0.769. The molecule has 0 saturated heterocycles. The van der Waals surface area contributed by atoms with Crippen molar-refractivity contribution in [2.75, 3.05) is 0 Å². The normalized spacial score (nSPS) is 17.0. The number of aromatic nitrogens is 1. The first-order chi connectivity index (χ1) is 14.8. The van der Waals surface area contributed by atoms with Crippen LogP contribution < -0.4 is 0 Å². The van der Waals surface area contributed by atoms with Crippen molar-refractivity contribution in [3.05, 3.63) is 137 Å². The molecule has 1 unspecified atom stereocenters. The third-order valence-electron chi connectivity index (χ3n) is 6.28. The van der Waals surface area contributed by atoms with Gasteiger partial charge in [-0.15, -0.1) is 0 Å². The Kier molecular flexibility index (Phi) is 3.81. The summed E-state index contributed by atoms with van der Waals surface area (Å²) in [5, 5.41) is 3.25. The molecular formula is C28H18ClN. The molecule has 0 spiro atoms. The van der Waals surface area contributed by atoms with Gasteiger partial charge >= 0.3 is 0 Å². The fourth-order valence-corrected chi connectivity index (χ4v) is 5.31. The molecule has 1 atom stereocenters. The maximum atomic E-state index is 6.48. The molecular weight excluding hydrogens is 386 g/mol. The molecule has 4 aromatic carbocycles. The van der Waals surface area contributed by atoms with Gasteiger partial charge in [-0.2, -0.15) is 0 Å². The molecule has 5 aromatic rings. The summed E-state index contributed by atoms with van der Waals surface area (Å²) >= 11 is 6.48. The standard InChI is InChI=1S/C28H18ClN/c29-22-13-15-26-25(17-22)24-14-12-19-7-4-5-11-23(19)27(24)28(26,20-8-2-1-3-9-20)21-10-6-16-30-18-21/h1-18H. The van der Waals surface area contributed by atoms with Crippen LogP contribution in [0.1, 0.15) is 22.3 Å². The van der Waals surface area contributed by atoms with Gasteiger partial charge in [0, 0.05) is 17.4 Å². The van der Waals surface area contributed by atoms with Crippen molar-refractivity contribution in [2.45, 2.75) is 5.41 Å². The van der Waals surface area contributed by atoms with E-state index in [4.69, 9.17) is 11.6 Å². The van der Waals surface area contributed by atoms with E-state index in [2.05, 4.69) is 89.9 Å². The smallest absolute Gasteiger partial charge is 0.0734 e. The number of pyridine rings is 1. The molecule has 1 aromatic heterocycles. The first kappa shape index (κ1) is 17.4. The Morgan fingerprint density at radius 2 is 1.47 bits per heavy atom. The lowest BCUT2D eigenvalue weighted by atomic mass is 9.67. The zero-order valence-electron chi connectivity index (χ0n) is 16.2. The van der Waals surface area contributed by atoms with Crippen LogP contribution in [0.15, 0.2) is 109 Å². The van der Waals surface area contributed by atoms with Crippen LogP contribution in [0.4, 0.5) is 0 Å². The molecule has 0 amide bonds. The van der Waals surface area contributed by atoms with Gasteiger partial charge in [0.25, 0.3) is 0 Å². The lowest BCUT2D eigenvalue weighted by Gasteiger charge is -2.34. The molecule has 6 rings (SSSR count). The summed E-state index contributed by atoms with van der Waals surface area (Å²) in [6.45, 7) is 0. The minimum atomic E-state index is -0.453. The van der Waals surface area contributed by atoms with E-state index in [9.17, 15) is 0 Å². The van der Waals surface area contributed by atoms with Crippen molar-refractivity contribution in [1.82, 2.24) is 4.98 Å². The molecule has 30 heavy (non-hydrogen) atoms. The molecule has 0 bridgehead atoms. The number of fused-ring (bicyclic) bond motifs is 5. The SMILES string of the molecule is Clc1ccc2c(c1)-c1ccc3ccccc3c1C2(c1ccccc1)c1cccnc1. The average molecular weight is 404 g/mol. The number of nitrogens with zero attached hydrogens (tertiary/aromatic N) is 1. The molecule has 142 valence electrons. The van der Waals surface area contributed by atoms with Gasteiger partial charge in [-0.25, -0.2) is 0 Å². The van der Waals surface area contributed by atoms with E-state index in [1.807, 2.05) is 24.5 Å². The number of hydrogen-bond donors (Lipinski definition) is 0. The molecule has 2 heteroatoms. The van der Waals surface area contributed by atoms with Crippen molar-refractivity contribution in [3.63, 3.8) is 0 Å². The van der Waals surface area contributed by atoms with Gasteiger partial charge in [0.05, 0.1) is 5.41 Å². The molecule has 1 heterocycles. The number of rotatable bonds is 2. The fraction of sp³-hybridized carbons (Fsp3) is 0.0357. The Balaban J connectivity index is 1.88. The van der Waals surface area contributed by atoms with Gasteiger partial charge in [-0.3, -0.25) is 4.98 Å². The van der Waals surface area contributed by atoms with E-state index in [-0.39, 0.29) is 0 Å². The van der Waals surface area contributed by atoms with E-state index in [0.717, 1.165) is 10.6 Å². The number of halogens is 1. The Labute approximate surface area is 180 Å². The first-order valence-electron chi connectivity index (χ1n) is 10.1. The number of benzene rings is 4. The Hall–Kier alpha value is -3.42. The van der Waals surface area contributed by atoms with Gasteiger partial charge < -0.3 is 0 Å². The third-order valence-corrected chi connectivity index (χ3v) is 6.52. The molecule has 1 nitrogen and oxygen atoms in total. The van der Waals surface area contributed by atoms with Crippen molar-refractivity contribution in [2.24, 2.45) is 0 Å². The Bertz CT molecular complexity index is 1350. The summed E-state index contributed by atoms with van der Waals surface area (Å²) < 4.78 is 0. The minimum Gasteiger partial charge on any atom is -0.264 e. The van der Waals surface area contributed by atoms with Crippen molar-refractivity contribution < 1.29 is 0 Å². The van der Waals surface area contributed by atoms with Crippen molar-refractivity contribution >= 4 is 22.4 Å². The Morgan fingerprint density at radius 1 is 0.667 bits per heavy atom. The summed E-state index contributed by atoms with van der Waals surface area (Å²) in [6.07, 6.45) is 3.84. The van der Waals surface area contributed by atoms with Gasteiger partial charge in [-0.1, -0.05) is 90.5 Å². The van der Waals surface area contributed by atoms with E-state index in [1.165, 1.54) is 38.6 Å². The van der Waals surface area contributed by atoms with Gasteiger partial charge in [0.1, 0.15) is 0 Å². The summed E-state index contributed by atoms with van der Waals surface area (Å²) in [5.74, 6) is 0. The highest BCUT2D eigenvalue weighted by molar-refractivity contribution is 6.31. The highest BCUT2D eigenvalue weighted by Gasteiger charge is 2.47. The molecule has 1 aliphatic carbocycles. The molecule has 0 aliphatic heterocycles. The van der Waals surface area contributed by atoms with Crippen LogP contribution in [0.2, 0.25) is 5.02 Å². The third kappa shape index (κ3) is 2.27. The molecule has 0 saturated carbocycles. The van der Waals surface area contributed by atoms with E-state index >= 15 is 0 Å². The van der Waals surface area contributed by atoms with Crippen LogP contribution in [-0.2, 0) is 5.41 Å². The van der Waals surface area contributed by atoms with Gasteiger partial charge in [0.2, 0.25) is 0 Å². The monoisotopic (exact) mass is 403 g/mol. The van der Waals surface area contributed by atoms with E-state index < -0.39 is 5.41 Å². The number of hydrogen-bond acceptors (Lipinski definition) is 1. The summed E-state index contributed by atoms with van der Waals surface area (Å²) in [6, 6.07) is 34.4. The Morgan fingerprint density at radius 3 is 2.30 bits per heavy atom. The second-order valence-electron chi connectivity index (χ2n) is 7.76. The van der Waals surface area contributed by atoms with Crippen LogP contribution in [0.25, 0.3) is 21.9 Å². The first-order valence-corrected chi connectivity index (χ1v) is 10.5. The van der Waals surface area contributed by atoms with E-state index in [0.29, 0.717) is 0 Å². The van der Waals surface area contributed by atoms with Crippen LogP contribution in [0.5, 0.6) is 0 Å². The van der Waals surface area contributed by atoms with Crippen molar-refractivity contribution in [3.8, 4) is 11.1 Å². The molecule has 0 fully saturated rings. The van der Waals surface area contributed by atoms with Crippen molar-refractivity contribution in [1.29, 1.82) is 0 Å². The maximum absolute atomic E-state index is 6.48. The van der Waals surface area contributed by atoms with Crippen LogP contribution in [0, 0.1) is 0 Å². The highest BCUT2D eigenvalue weighted by Crippen LogP contribution is 2.58. The average Bonchev–Trinajstić information content (AvgIpc) is 3.11. The van der Waals surface area contributed by atoms with Crippen LogP contribution in [-0.4, -0.2) is 4.98 Å². The summed E-state index contributed by atoms with van der Waals surface area (Å²) in [7, 11) is 0. The zero-order chi connectivity index (χ0) is 20.1. The quantitative estimate of drug-likeness (QED) is 0.296. The minimum absolute atomic E-state index is 0.453. The highest BCUT2D eigenvalue weighted by atomic mass is 35.5. The predicted molar refractivity (Wildman–Crippen MR) is 124 cm³/mol. The summed E-state index contributed by atoms with van der Waals surface area (Å²) in [4.78, 5) is 4.52. The molecule has 1 aliphatic rings. The van der Waals surface area contributed by atoms with Crippen LogP contribution in [0.3, 0.4) is 0 Å². The maximum Gasteiger partial charge on any atom is 0.0734 e. The molecule has 0 N–H and O–H groups in total. The topological polar surface area (TPSA) is 12.9 Å². The molecule has 0 radical (unpaired) electrons. The largest absolute Gasteiger partial charge is 0.264 e. The fourth-order valence-electron chi connectivity index (χ4n) is 5.14. The lowest BCUT2D eigenvalue weighted by Crippen LogP contribution is -2.29. The predicted octanol–water partition coefficient (Wildman–Crippen LogP) is 7.25. The van der Waals surface area contributed by atoms with Crippen LogP contribution >= 0.6 is 11.6 Å². The van der Waals surface area contributed by atoms with Gasteiger partial charge in [0.15, 0.2) is 0 Å². The second kappa shape index (κ2) is 6.55.